The number of piperidine rings is 1. The fraction of sp³-hybridized carbons (Fsp3) is 1.00. The van der Waals surface area contributed by atoms with Crippen molar-refractivity contribution in [3.63, 3.8) is 0 Å². The third kappa shape index (κ3) is 3.16. The first-order chi connectivity index (χ1) is 7.25. The van der Waals surface area contributed by atoms with Crippen LogP contribution in [-0.4, -0.2) is 54.6 Å². The third-order valence-corrected chi connectivity index (χ3v) is 3.70. The van der Waals surface area contributed by atoms with Crippen LogP contribution in [0, 0.1) is 0 Å². The van der Waals surface area contributed by atoms with Gasteiger partial charge < -0.3 is 10.6 Å². The smallest absolute Gasteiger partial charge is 0.0235 e. The number of hydrogen-bond donors (Lipinski definition) is 1. The highest BCUT2D eigenvalue weighted by atomic mass is 15.3. The molecule has 3 nitrogen and oxygen atoms in total. The number of nitrogens with zero attached hydrogens (tertiary/aromatic N) is 2. The fourth-order valence-corrected chi connectivity index (χ4v) is 2.97. The van der Waals surface area contributed by atoms with Gasteiger partial charge in [0.2, 0.25) is 0 Å². The summed E-state index contributed by atoms with van der Waals surface area (Å²) in [5, 5.41) is 0. The summed E-state index contributed by atoms with van der Waals surface area (Å²) >= 11 is 0. The molecule has 0 saturated carbocycles. The molecular formula is C12H25N3. The van der Waals surface area contributed by atoms with Gasteiger partial charge in [0.15, 0.2) is 0 Å². The molecule has 0 bridgehead atoms. The Morgan fingerprint density at radius 2 is 1.93 bits per heavy atom. The van der Waals surface area contributed by atoms with Gasteiger partial charge in [-0.2, -0.15) is 0 Å². The molecule has 2 heterocycles. The highest BCUT2D eigenvalue weighted by molar-refractivity contribution is 4.85. The summed E-state index contributed by atoms with van der Waals surface area (Å²) in [5.74, 6) is 0. The first kappa shape index (κ1) is 11.4. The van der Waals surface area contributed by atoms with Gasteiger partial charge in [-0.3, -0.25) is 4.90 Å². The largest absolute Gasteiger partial charge is 0.327 e. The lowest BCUT2D eigenvalue weighted by Crippen LogP contribution is -2.42. The minimum Gasteiger partial charge on any atom is -0.327 e. The van der Waals surface area contributed by atoms with E-state index < -0.39 is 0 Å². The van der Waals surface area contributed by atoms with Crippen LogP contribution in [0.15, 0.2) is 0 Å². The lowest BCUT2D eigenvalue weighted by atomic mass is 10.1. The van der Waals surface area contributed by atoms with E-state index in [0.29, 0.717) is 6.04 Å². The quantitative estimate of drug-likeness (QED) is 0.752. The average Bonchev–Trinajstić information content (AvgIpc) is 2.67. The van der Waals surface area contributed by atoms with Gasteiger partial charge in [-0.15, -0.1) is 0 Å². The van der Waals surface area contributed by atoms with E-state index in [1.165, 1.54) is 51.9 Å². The van der Waals surface area contributed by atoms with Crippen molar-refractivity contribution in [3.05, 3.63) is 0 Å². The Bertz CT molecular complexity index is 187. The summed E-state index contributed by atoms with van der Waals surface area (Å²) in [6, 6.07) is 1.15. The van der Waals surface area contributed by atoms with Crippen molar-refractivity contribution in [1.82, 2.24) is 9.80 Å². The Morgan fingerprint density at radius 1 is 1.20 bits per heavy atom. The third-order valence-electron chi connectivity index (χ3n) is 3.70. The SMILES string of the molecule is C[C@H](N)CN1CCC(N2CCCCC2)C1. The van der Waals surface area contributed by atoms with Crippen LogP contribution in [0.4, 0.5) is 0 Å². The van der Waals surface area contributed by atoms with E-state index >= 15 is 0 Å². The number of nitrogens with two attached hydrogens (primary N) is 1. The molecule has 2 aliphatic heterocycles. The molecule has 2 N–H and O–H groups in total. The van der Waals surface area contributed by atoms with E-state index in [2.05, 4.69) is 16.7 Å². The maximum Gasteiger partial charge on any atom is 0.0235 e. The summed E-state index contributed by atoms with van der Waals surface area (Å²) in [6.07, 6.45) is 5.60. The van der Waals surface area contributed by atoms with Crippen LogP contribution < -0.4 is 5.73 Å². The summed E-state index contributed by atoms with van der Waals surface area (Å²) in [5.41, 5.74) is 5.84. The number of hydrogen-bond acceptors (Lipinski definition) is 3. The van der Waals surface area contributed by atoms with Gasteiger partial charge in [-0.1, -0.05) is 6.42 Å². The molecule has 88 valence electrons. The first-order valence-electron chi connectivity index (χ1n) is 6.47. The predicted octanol–water partition coefficient (Wildman–Crippen LogP) is 0.894. The van der Waals surface area contributed by atoms with Crippen LogP contribution in [0.1, 0.15) is 32.6 Å². The molecule has 0 aliphatic carbocycles. The van der Waals surface area contributed by atoms with Crippen molar-refractivity contribution < 1.29 is 0 Å². The zero-order valence-corrected chi connectivity index (χ0v) is 9.99. The molecule has 2 fully saturated rings. The van der Waals surface area contributed by atoms with Crippen LogP contribution in [0.3, 0.4) is 0 Å². The van der Waals surface area contributed by atoms with Crippen molar-refractivity contribution >= 4 is 0 Å². The van der Waals surface area contributed by atoms with E-state index in [1.807, 2.05) is 0 Å². The second-order valence-corrected chi connectivity index (χ2v) is 5.28. The monoisotopic (exact) mass is 211 g/mol. The zero-order chi connectivity index (χ0) is 10.7. The maximum atomic E-state index is 5.84. The molecule has 15 heavy (non-hydrogen) atoms. The van der Waals surface area contributed by atoms with Gasteiger partial charge in [-0.25, -0.2) is 0 Å². The Balaban J connectivity index is 1.76. The second kappa shape index (κ2) is 5.28. The molecular weight excluding hydrogens is 186 g/mol. The van der Waals surface area contributed by atoms with Gasteiger partial charge >= 0.3 is 0 Å². The minimum atomic E-state index is 0.324. The molecule has 2 atom stereocenters. The molecule has 0 aromatic carbocycles. The predicted molar refractivity (Wildman–Crippen MR) is 63.9 cm³/mol. The van der Waals surface area contributed by atoms with Crippen LogP contribution in [0.5, 0.6) is 0 Å². The normalized spacial score (nSPS) is 32.0. The highest BCUT2D eigenvalue weighted by Gasteiger charge is 2.28. The maximum absolute atomic E-state index is 5.84. The fourth-order valence-electron chi connectivity index (χ4n) is 2.97. The van der Waals surface area contributed by atoms with Crippen molar-refractivity contribution in [2.45, 2.75) is 44.7 Å². The van der Waals surface area contributed by atoms with Gasteiger partial charge in [0.1, 0.15) is 0 Å². The van der Waals surface area contributed by atoms with Crippen molar-refractivity contribution in [2.24, 2.45) is 5.73 Å². The Kier molecular flexibility index (Phi) is 4.00. The molecule has 2 aliphatic rings. The molecule has 0 spiro atoms. The van der Waals surface area contributed by atoms with E-state index in [4.69, 9.17) is 5.73 Å². The molecule has 1 unspecified atom stereocenters. The van der Waals surface area contributed by atoms with Gasteiger partial charge in [0.25, 0.3) is 0 Å². The summed E-state index contributed by atoms with van der Waals surface area (Å²) in [4.78, 5) is 5.23. The lowest BCUT2D eigenvalue weighted by molar-refractivity contribution is 0.161. The van der Waals surface area contributed by atoms with E-state index in [-0.39, 0.29) is 0 Å². The molecule has 3 heteroatoms. The Hall–Kier alpha value is -0.120. The van der Waals surface area contributed by atoms with Gasteiger partial charge in [-0.05, 0) is 45.8 Å². The van der Waals surface area contributed by atoms with Crippen LogP contribution in [0.25, 0.3) is 0 Å². The van der Waals surface area contributed by atoms with Crippen molar-refractivity contribution in [1.29, 1.82) is 0 Å². The van der Waals surface area contributed by atoms with Crippen molar-refractivity contribution in [2.75, 3.05) is 32.7 Å². The highest BCUT2D eigenvalue weighted by Crippen LogP contribution is 2.19. The van der Waals surface area contributed by atoms with Gasteiger partial charge in [0, 0.05) is 25.2 Å². The summed E-state index contributed by atoms with van der Waals surface area (Å²) in [6.45, 7) is 8.34. The molecule has 2 rings (SSSR count). The Morgan fingerprint density at radius 3 is 2.60 bits per heavy atom. The summed E-state index contributed by atoms with van der Waals surface area (Å²) in [7, 11) is 0. The van der Waals surface area contributed by atoms with Crippen molar-refractivity contribution in [3.8, 4) is 0 Å². The molecule has 0 radical (unpaired) electrons. The lowest BCUT2D eigenvalue weighted by Gasteiger charge is -2.32. The Labute approximate surface area is 93.6 Å². The van der Waals surface area contributed by atoms with Crippen LogP contribution >= 0.6 is 0 Å². The van der Waals surface area contributed by atoms with Crippen LogP contribution in [-0.2, 0) is 0 Å². The summed E-state index contributed by atoms with van der Waals surface area (Å²) < 4.78 is 0. The van der Waals surface area contributed by atoms with Crippen LogP contribution in [0.2, 0.25) is 0 Å². The second-order valence-electron chi connectivity index (χ2n) is 5.28. The van der Waals surface area contributed by atoms with E-state index in [9.17, 15) is 0 Å². The molecule has 0 aromatic rings. The molecule has 2 saturated heterocycles. The van der Waals surface area contributed by atoms with E-state index in [0.717, 1.165) is 12.6 Å². The standard InChI is InChI=1S/C12H25N3/c1-11(13)9-14-8-5-12(10-14)15-6-3-2-4-7-15/h11-12H,2-10,13H2,1H3/t11-,12?/m0/s1. The zero-order valence-electron chi connectivity index (χ0n) is 9.99. The molecule has 0 aromatic heterocycles. The average molecular weight is 211 g/mol. The number of rotatable bonds is 3. The molecule has 0 amide bonds. The minimum absolute atomic E-state index is 0.324. The van der Waals surface area contributed by atoms with Gasteiger partial charge in [0.05, 0.1) is 0 Å². The first-order valence-corrected chi connectivity index (χ1v) is 6.47. The number of likely N-dealkylation sites (tertiary alicyclic amines) is 2. The van der Waals surface area contributed by atoms with E-state index in [1.54, 1.807) is 0 Å². The topological polar surface area (TPSA) is 32.5 Å².